The highest BCUT2D eigenvalue weighted by Crippen LogP contribution is 2.24. The Morgan fingerprint density at radius 1 is 1.33 bits per heavy atom. The molecule has 1 aromatic heterocycles. The number of aliphatic hydroxyl groups is 1. The molecule has 0 aliphatic heterocycles. The molecule has 3 rings (SSSR count). The first kappa shape index (κ1) is 13.9. The number of nitrogens with one attached hydrogen (secondary N) is 2. The number of carbonyl (C=O) groups is 1. The summed E-state index contributed by atoms with van der Waals surface area (Å²) < 4.78 is 0. The van der Waals surface area contributed by atoms with Gasteiger partial charge in [0.1, 0.15) is 5.69 Å². The number of aliphatic hydroxyl groups excluding tert-OH is 1. The Morgan fingerprint density at radius 2 is 2.14 bits per heavy atom. The Kier molecular flexibility index (Phi) is 3.84. The molecule has 0 spiro atoms. The van der Waals surface area contributed by atoms with Crippen LogP contribution in [0.15, 0.2) is 24.3 Å². The van der Waals surface area contributed by atoms with Gasteiger partial charge in [0.2, 0.25) is 0 Å². The largest absolute Gasteiger partial charge is 0.399 e. The third kappa shape index (κ3) is 3.03. The van der Waals surface area contributed by atoms with Gasteiger partial charge in [-0.2, -0.15) is 0 Å². The number of aromatic amines is 1. The molecule has 2 unspecified atom stereocenters. The average Bonchev–Trinajstić information content (AvgIpc) is 2.89. The number of anilines is 1. The molecule has 112 valence electrons. The molecule has 21 heavy (non-hydrogen) atoms. The van der Waals surface area contributed by atoms with Gasteiger partial charge in [0.25, 0.3) is 5.91 Å². The maximum atomic E-state index is 12.2. The number of aromatic nitrogens is 1. The molecular weight excluding hydrogens is 266 g/mol. The molecule has 1 aliphatic rings. The van der Waals surface area contributed by atoms with E-state index in [9.17, 15) is 9.90 Å². The van der Waals surface area contributed by atoms with E-state index < -0.39 is 0 Å². The number of fused-ring (bicyclic) bond motifs is 1. The number of nitrogen functional groups attached to an aromatic ring is 1. The SMILES string of the molecule is Nc1ccc2[nH]c(C(=O)NCC3CCCCC3O)cc2c1. The van der Waals surface area contributed by atoms with Crippen molar-refractivity contribution >= 4 is 22.5 Å². The summed E-state index contributed by atoms with van der Waals surface area (Å²) >= 11 is 0. The van der Waals surface area contributed by atoms with E-state index in [1.807, 2.05) is 12.1 Å². The second-order valence-corrected chi connectivity index (χ2v) is 5.85. The first-order valence-electron chi connectivity index (χ1n) is 7.48. The number of nitrogens with two attached hydrogens (primary N) is 1. The van der Waals surface area contributed by atoms with Crippen molar-refractivity contribution in [2.45, 2.75) is 31.8 Å². The molecule has 1 saturated carbocycles. The van der Waals surface area contributed by atoms with Crippen LogP contribution in [0, 0.1) is 5.92 Å². The summed E-state index contributed by atoms with van der Waals surface area (Å²) in [7, 11) is 0. The van der Waals surface area contributed by atoms with Crippen molar-refractivity contribution in [2.75, 3.05) is 12.3 Å². The predicted octanol–water partition coefficient (Wildman–Crippen LogP) is 2.03. The van der Waals surface area contributed by atoms with E-state index in [2.05, 4.69) is 10.3 Å². The fourth-order valence-corrected chi connectivity index (χ4v) is 3.02. The summed E-state index contributed by atoms with van der Waals surface area (Å²) in [4.78, 5) is 15.3. The lowest BCUT2D eigenvalue weighted by molar-refractivity contribution is 0.0662. The number of carbonyl (C=O) groups excluding carboxylic acids is 1. The van der Waals surface area contributed by atoms with Gasteiger partial charge in [-0.05, 0) is 37.1 Å². The van der Waals surface area contributed by atoms with Crippen LogP contribution in [0.3, 0.4) is 0 Å². The smallest absolute Gasteiger partial charge is 0.267 e. The summed E-state index contributed by atoms with van der Waals surface area (Å²) in [5.74, 6) is 0.0327. The topological polar surface area (TPSA) is 91.1 Å². The Bertz CT molecular complexity index is 650. The van der Waals surface area contributed by atoms with Crippen LogP contribution in [0.1, 0.15) is 36.2 Å². The molecule has 1 fully saturated rings. The monoisotopic (exact) mass is 287 g/mol. The lowest BCUT2D eigenvalue weighted by atomic mass is 9.86. The zero-order valence-electron chi connectivity index (χ0n) is 11.9. The van der Waals surface area contributed by atoms with Gasteiger partial charge in [-0.15, -0.1) is 0 Å². The molecule has 5 N–H and O–H groups in total. The van der Waals surface area contributed by atoms with Crippen LogP contribution in [0.4, 0.5) is 5.69 Å². The van der Waals surface area contributed by atoms with E-state index in [0.29, 0.717) is 17.9 Å². The molecule has 1 aromatic carbocycles. The normalized spacial score (nSPS) is 22.3. The van der Waals surface area contributed by atoms with E-state index in [4.69, 9.17) is 5.73 Å². The van der Waals surface area contributed by atoms with Crippen LogP contribution < -0.4 is 11.1 Å². The molecule has 1 amide bonds. The van der Waals surface area contributed by atoms with Crippen LogP contribution in [-0.2, 0) is 0 Å². The van der Waals surface area contributed by atoms with Gasteiger partial charge in [-0.25, -0.2) is 0 Å². The van der Waals surface area contributed by atoms with Crippen LogP contribution in [-0.4, -0.2) is 28.6 Å². The summed E-state index contributed by atoms with van der Waals surface area (Å²) in [6.07, 6.45) is 3.73. The Labute approximate surface area is 123 Å². The molecule has 0 radical (unpaired) electrons. The average molecular weight is 287 g/mol. The van der Waals surface area contributed by atoms with Gasteiger partial charge >= 0.3 is 0 Å². The highest BCUT2D eigenvalue weighted by molar-refractivity contribution is 5.98. The quantitative estimate of drug-likeness (QED) is 0.651. The van der Waals surface area contributed by atoms with Gasteiger partial charge in [0, 0.05) is 29.1 Å². The second kappa shape index (κ2) is 5.77. The third-order valence-corrected chi connectivity index (χ3v) is 4.28. The molecule has 1 aliphatic carbocycles. The molecule has 2 aromatic rings. The van der Waals surface area contributed by atoms with Crippen molar-refractivity contribution in [1.82, 2.24) is 10.3 Å². The number of amides is 1. The first-order chi connectivity index (χ1) is 10.1. The second-order valence-electron chi connectivity index (χ2n) is 5.85. The van der Waals surface area contributed by atoms with E-state index in [1.54, 1.807) is 12.1 Å². The predicted molar refractivity (Wildman–Crippen MR) is 83.0 cm³/mol. The maximum Gasteiger partial charge on any atom is 0.267 e. The van der Waals surface area contributed by atoms with Crippen molar-refractivity contribution in [2.24, 2.45) is 5.92 Å². The first-order valence-corrected chi connectivity index (χ1v) is 7.48. The molecular formula is C16H21N3O2. The van der Waals surface area contributed by atoms with E-state index in [-0.39, 0.29) is 17.9 Å². The van der Waals surface area contributed by atoms with Gasteiger partial charge in [-0.1, -0.05) is 12.8 Å². The standard InChI is InChI=1S/C16H21N3O2/c17-12-5-6-13-11(7-12)8-14(19-13)16(21)18-9-10-3-1-2-4-15(10)20/h5-8,10,15,19-20H,1-4,9,17H2,(H,18,21). The molecule has 2 atom stereocenters. The molecule has 5 nitrogen and oxygen atoms in total. The molecule has 0 bridgehead atoms. The summed E-state index contributed by atoms with van der Waals surface area (Å²) in [5.41, 5.74) is 7.84. The van der Waals surface area contributed by atoms with Crippen LogP contribution >= 0.6 is 0 Å². The van der Waals surface area contributed by atoms with E-state index in [1.165, 1.54) is 0 Å². The zero-order valence-corrected chi connectivity index (χ0v) is 11.9. The van der Waals surface area contributed by atoms with Crippen molar-refractivity contribution in [3.8, 4) is 0 Å². The summed E-state index contributed by atoms with van der Waals surface area (Å²) in [5, 5.41) is 13.8. The van der Waals surface area contributed by atoms with E-state index >= 15 is 0 Å². The van der Waals surface area contributed by atoms with Gasteiger partial charge in [0.05, 0.1) is 6.10 Å². The molecule has 1 heterocycles. The van der Waals surface area contributed by atoms with Gasteiger partial charge in [0.15, 0.2) is 0 Å². The summed E-state index contributed by atoms with van der Waals surface area (Å²) in [6.45, 7) is 0.525. The number of hydrogen-bond donors (Lipinski definition) is 4. The zero-order chi connectivity index (χ0) is 14.8. The fourth-order valence-electron chi connectivity index (χ4n) is 3.02. The third-order valence-electron chi connectivity index (χ3n) is 4.28. The van der Waals surface area contributed by atoms with Crippen LogP contribution in [0.2, 0.25) is 0 Å². The highest BCUT2D eigenvalue weighted by atomic mass is 16.3. The van der Waals surface area contributed by atoms with Crippen molar-refractivity contribution in [3.05, 3.63) is 30.0 Å². The Morgan fingerprint density at radius 3 is 2.95 bits per heavy atom. The lowest BCUT2D eigenvalue weighted by Crippen LogP contribution is -2.36. The molecule has 0 saturated heterocycles. The number of benzene rings is 1. The number of rotatable bonds is 3. The van der Waals surface area contributed by atoms with Crippen LogP contribution in [0.25, 0.3) is 10.9 Å². The highest BCUT2D eigenvalue weighted by Gasteiger charge is 2.23. The fraction of sp³-hybridized carbons (Fsp3) is 0.438. The minimum atomic E-state index is -0.290. The van der Waals surface area contributed by atoms with Crippen molar-refractivity contribution in [3.63, 3.8) is 0 Å². The summed E-state index contributed by atoms with van der Waals surface area (Å²) in [6, 6.07) is 7.32. The van der Waals surface area contributed by atoms with Crippen molar-refractivity contribution in [1.29, 1.82) is 0 Å². The Balaban J connectivity index is 1.66. The maximum absolute atomic E-state index is 12.2. The minimum absolute atomic E-state index is 0.137. The minimum Gasteiger partial charge on any atom is -0.399 e. The molecule has 5 heteroatoms. The lowest BCUT2D eigenvalue weighted by Gasteiger charge is -2.27. The Hall–Kier alpha value is -2.01. The van der Waals surface area contributed by atoms with Gasteiger partial charge in [-0.3, -0.25) is 4.79 Å². The van der Waals surface area contributed by atoms with Crippen LogP contribution in [0.5, 0.6) is 0 Å². The number of H-pyrrole nitrogens is 1. The van der Waals surface area contributed by atoms with E-state index in [0.717, 1.165) is 36.6 Å². The number of hydrogen-bond acceptors (Lipinski definition) is 3. The van der Waals surface area contributed by atoms with Gasteiger partial charge < -0.3 is 21.1 Å². The van der Waals surface area contributed by atoms with Crippen molar-refractivity contribution < 1.29 is 9.90 Å².